The summed E-state index contributed by atoms with van der Waals surface area (Å²) in [5, 5.41) is 11.2. The van der Waals surface area contributed by atoms with Crippen molar-refractivity contribution in [2.75, 3.05) is 18.4 Å². The van der Waals surface area contributed by atoms with Gasteiger partial charge in [-0.2, -0.15) is 4.31 Å². The van der Waals surface area contributed by atoms with Crippen LogP contribution in [-0.2, 0) is 10.0 Å². The highest BCUT2D eigenvalue weighted by atomic mass is 32.2. The zero-order valence-electron chi connectivity index (χ0n) is 17.1. The minimum atomic E-state index is -3.88. The van der Waals surface area contributed by atoms with Crippen LogP contribution in [0.3, 0.4) is 0 Å². The summed E-state index contributed by atoms with van der Waals surface area (Å²) in [6.07, 6.45) is 1.29. The molecule has 1 aliphatic heterocycles. The van der Waals surface area contributed by atoms with Gasteiger partial charge in [-0.05, 0) is 55.7 Å². The van der Waals surface area contributed by atoms with E-state index in [-0.39, 0.29) is 22.4 Å². The van der Waals surface area contributed by atoms with Gasteiger partial charge in [0.2, 0.25) is 15.0 Å². The predicted octanol–water partition coefficient (Wildman–Crippen LogP) is 3.95. The molecule has 168 valence electrons. The van der Waals surface area contributed by atoms with Crippen molar-refractivity contribution in [3.63, 3.8) is 0 Å². The molecule has 1 aromatic heterocycles. The molecule has 1 amide bonds. The lowest BCUT2D eigenvalue weighted by Crippen LogP contribution is -2.39. The largest absolute Gasteiger partial charge is 0.320 e. The van der Waals surface area contributed by atoms with Crippen LogP contribution in [0.25, 0.3) is 0 Å². The first-order chi connectivity index (χ1) is 15.2. The van der Waals surface area contributed by atoms with Crippen molar-refractivity contribution in [2.45, 2.75) is 30.6 Å². The number of aromatic nitrogens is 2. The van der Waals surface area contributed by atoms with E-state index >= 15 is 0 Å². The Morgan fingerprint density at radius 1 is 1.16 bits per heavy atom. The first-order valence-corrected chi connectivity index (χ1v) is 12.2. The van der Waals surface area contributed by atoms with Gasteiger partial charge >= 0.3 is 0 Å². The minimum absolute atomic E-state index is 0.0504. The number of halogens is 2. The van der Waals surface area contributed by atoms with Gasteiger partial charge in [0.25, 0.3) is 5.91 Å². The molecule has 1 N–H and O–H groups in total. The maximum atomic E-state index is 13.7. The Balaban J connectivity index is 1.50. The third-order valence-corrected chi connectivity index (χ3v) is 8.31. The molecule has 0 bridgehead atoms. The van der Waals surface area contributed by atoms with E-state index < -0.39 is 27.6 Å². The van der Waals surface area contributed by atoms with E-state index in [0.29, 0.717) is 35.6 Å². The van der Waals surface area contributed by atoms with Crippen LogP contribution in [0.2, 0.25) is 0 Å². The second-order valence-corrected chi connectivity index (χ2v) is 10.4. The topological polar surface area (TPSA) is 92.3 Å². The number of nitrogens with one attached hydrogen (secondary N) is 1. The van der Waals surface area contributed by atoms with Crippen molar-refractivity contribution >= 4 is 33.0 Å². The van der Waals surface area contributed by atoms with Crippen molar-refractivity contribution in [1.82, 2.24) is 14.5 Å². The molecule has 1 unspecified atom stereocenters. The molecule has 1 saturated heterocycles. The van der Waals surface area contributed by atoms with Crippen LogP contribution in [0, 0.1) is 18.6 Å². The van der Waals surface area contributed by atoms with E-state index in [1.54, 1.807) is 13.0 Å². The number of aryl methyl sites for hydroxylation is 1. The number of hydrogen-bond donors (Lipinski definition) is 1. The number of amides is 1. The van der Waals surface area contributed by atoms with Gasteiger partial charge < -0.3 is 5.32 Å². The highest BCUT2D eigenvalue weighted by Crippen LogP contribution is 2.33. The molecule has 0 saturated carbocycles. The fraction of sp³-hybridized carbons (Fsp3) is 0.286. The number of hydrogen-bond acceptors (Lipinski definition) is 6. The molecule has 2 aromatic carbocycles. The monoisotopic (exact) mass is 478 g/mol. The Labute approximate surface area is 188 Å². The number of carbonyl (C=O) groups is 1. The first-order valence-electron chi connectivity index (χ1n) is 9.90. The lowest BCUT2D eigenvalue weighted by Gasteiger charge is -2.31. The number of benzene rings is 2. The van der Waals surface area contributed by atoms with Crippen molar-refractivity contribution in [3.8, 4) is 0 Å². The van der Waals surface area contributed by atoms with Crippen LogP contribution < -0.4 is 5.32 Å². The fourth-order valence-corrected chi connectivity index (χ4v) is 6.22. The maximum absolute atomic E-state index is 13.7. The van der Waals surface area contributed by atoms with Crippen LogP contribution in [-0.4, -0.2) is 41.9 Å². The molecule has 0 radical (unpaired) electrons. The lowest BCUT2D eigenvalue weighted by molar-refractivity contribution is 0.102. The summed E-state index contributed by atoms with van der Waals surface area (Å²) in [4.78, 5) is 12.4. The number of carbonyl (C=O) groups excluding carboxylic acids is 1. The van der Waals surface area contributed by atoms with Gasteiger partial charge in [0.1, 0.15) is 16.6 Å². The van der Waals surface area contributed by atoms with E-state index in [0.717, 1.165) is 17.4 Å². The maximum Gasteiger partial charge on any atom is 0.286 e. The van der Waals surface area contributed by atoms with Gasteiger partial charge in [-0.3, -0.25) is 4.79 Å². The van der Waals surface area contributed by atoms with Crippen molar-refractivity contribution in [2.24, 2.45) is 0 Å². The molecule has 11 heteroatoms. The molecule has 0 aliphatic carbocycles. The van der Waals surface area contributed by atoms with Gasteiger partial charge in [-0.1, -0.05) is 23.5 Å². The summed E-state index contributed by atoms with van der Waals surface area (Å²) in [5.74, 6) is -1.84. The Kier molecular flexibility index (Phi) is 6.31. The molecule has 0 spiro atoms. The average molecular weight is 479 g/mol. The summed E-state index contributed by atoms with van der Waals surface area (Å²) in [7, 11) is -3.88. The second-order valence-electron chi connectivity index (χ2n) is 7.52. The number of rotatable bonds is 5. The summed E-state index contributed by atoms with van der Waals surface area (Å²) < 4.78 is 54.6. The third kappa shape index (κ3) is 4.69. The molecule has 3 aromatic rings. The highest BCUT2D eigenvalue weighted by Gasteiger charge is 2.33. The Morgan fingerprint density at radius 2 is 1.94 bits per heavy atom. The zero-order chi connectivity index (χ0) is 22.9. The smallest absolute Gasteiger partial charge is 0.286 e. The molecular formula is C21H20F2N4O3S2. The Bertz CT molecular complexity index is 1260. The Morgan fingerprint density at radius 3 is 2.72 bits per heavy atom. The van der Waals surface area contributed by atoms with Crippen LogP contribution in [0.1, 0.15) is 39.1 Å². The van der Waals surface area contributed by atoms with E-state index in [1.807, 2.05) is 0 Å². The van der Waals surface area contributed by atoms with Gasteiger partial charge in [0.05, 0.1) is 4.90 Å². The van der Waals surface area contributed by atoms with Gasteiger partial charge in [0.15, 0.2) is 0 Å². The lowest BCUT2D eigenvalue weighted by atomic mass is 10.0. The average Bonchev–Trinajstić information content (AvgIpc) is 3.26. The fourth-order valence-electron chi connectivity index (χ4n) is 3.60. The van der Waals surface area contributed by atoms with Crippen molar-refractivity contribution in [1.29, 1.82) is 0 Å². The molecule has 1 fully saturated rings. The first kappa shape index (κ1) is 22.4. The second kappa shape index (κ2) is 9.00. The molecule has 1 atom stereocenters. The quantitative estimate of drug-likeness (QED) is 0.600. The normalized spacial score (nSPS) is 17.3. The van der Waals surface area contributed by atoms with Gasteiger partial charge in [-0.25, -0.2) is 17.2 Å². The van der Waals surface area contributed by atoms with E-state index in [2.05, 4.69) is 15.5 Å². The molecule has 2 heterocycles. The van der Waals surface area contributed by atoms with E-state index in [1.165, 1.54) is 34.6 Å². The van der Waals surface area contributed by atoms with Crippen molar-refractivity contribution < 1.29 is 22.0 Å². The summed E-state index contributed by atoms with van der Waals surface area (Å²) in [6.45, 7) is 2.11. The molecule has 7 nitrogen and oxygen atoms in total. The highest BCUT2D eigenvalue weighted by molar-refractivity contribution is 7.89. The Hall–Kier alpha value is -2.76. The van der Waals surface area contributed by atoms with Crippen LogP contribution in [0.4, 0.5) is 14.5 Å². The summed E-state index contributed by atoms with van der Waals surface area (Å²) in [5.41, 5.74) is 0.771. The molecule has 32 heavy (non-hydrogen) atoms. The number of sulfonamides is 1. The van der Waals surface area contributed by atoms with Gasteiger partial charge in [-0.15, -0.1) is 10.2 Å². The predicted molar refractivity (Wildman–Crippen MR) is 116 cm³/mol. The van der Waals surface area contributed by atoms with Crippen LogP contribution in [0.5, 0.6) is 0 Å². The number of piperidine rings is 1. The van der Waals surface area contributed by atoms with E-state index in [9.17, 15) is 22.0 Å². The third-order valence-electron chi connectivity index (χ3n) is 5.22. The molecular weight excluding hydrogens is 458 g/mol. The van der Waals surface area contributed by atoms with Crippen LogP contribution in [0.15, 0.2) is 47.4 Å². The number of nitrogens with zero attached hydrogens (tertiary/aromatic N) is 3. The van der Waals surface area contributed by atoms with Crippen LogP contribution >= 0.6 is 11.3 Å². The van der Waals surface area contributed by atoms with Gasteiger partial charge in [0, 0.05) is 24.7 Å². The summed E-state index contributed by atoms with van der Waals surface area (Å²) >= 11 is 1.08. The zero-order valence-corrected chi connectivity index (χ0v) is 18.7. The van der Waals surface area contributed by atoms with Crippen molar-refractivity contribution in [3.05, 3.63) is 69.7 Å². The van der Waals surface area contributed by atoms with E-state index in [4.69, 9.17) is 0 Å². The standard InChI is InChI=1S/C21H20F2N4O3S2/c1-13-7-8-16(23)11-18(13)32(29,30)27-9-3-4-14(12-27)20-25-26-21(31-20)19(28)24-17-6-2-5-15(22)10-17/h2,5-8,10-11,14H,3-4,9,12H2,1H3,(H,24,28). The minimum Gasteiger partial charge on any atom is -0.320 e. The number of anilines is 1. The summed E-state index contributed by atoms with van der Waals surface area (Å²) in [6, 6.07) is 9.21. The SMILES string of the molecule is Cc1ccc(F)cc1S(=O)(=O)N1CCCC(c2nnc(C(=O)Nc3cccc(F)c3)s2)C1. The molecule has 1 aliphatic rings. The molecule has 4 rings (SSSR count).